The first-order valence-corrected chi connectivity index (χ1v) is 8.32. The fourth-order valence-corrected chi connectivity index (χ4v) is 3.47. The molecule has 2 aromatic rings. The first kappa shape index (κ1) is 16.6. The van der Waals surface area contributed by atoms with E-state index in [1.54, 1.807) is 0 Å². The van der Waals surface area contributed by atoms with E-state index in [4.69, 9.17) is 5.73 Å². The van der Waals surface area contributed by atoms with Gasteiger partial charge in [-0.05, 0) is 25.3 Å². The van der Waals surface area contributed by atoms with E-state index in [1.165, 1.54) is 11.8 Å². The van der Waals surface area contributed by atoms with Crippen molar-refractivity contribution in [2.24, 2.45) is 11.7 Å². The number of thioether (sulfide) groups is 1. The van der Waals surface area contributed by atoms with Crippen LogP contribution in [0.3, 0.4) is 0 Å². The summed E-state index contributed by atoms with van der Waals surface area (Å²) in [5, 5.41) is 0.435. The molecule has 1 aromatic carbocycles. The van der Waals surface area contributed by atoms with Crippen LogP contribution in [0.1, 0.15) is 36.0 Å². The molecule has 0 saturated carbocycles. The largest absolute Gasteiger partial charge is 0.368 e. The SMILES string of the molecule is Cc1nc(SC(C(N)=O)c2ccccc2)n(CC(C)C)c1C. The van der Waals surface area contributed by atoms with Gasteiger partial charge < -0.3 is 10.3 Å². The van der Waals surface area contributed by atoms with E-state index < -0.39 is 5.25 Å². The van der Waals surface area contributed by atoms with E-state index >= 15 is 0 Å². The lowest BCUT2D eigenvalue weighted by atomic mass is 10.1. The summed E-state index contributed by atoms with van der Waals surface area (Å²) in [4.78, 5) is 16.5. The van der Waals surface area contributed by atoms with E-state index in [-0.39, 0.29) is 5.91 Å². The maximum Gasteiger partial charge on any atom is 0.235 e. The summed E-state index contributed by atoms with van der Waals surface area (Å²) in [5.74, 6) is 0.168. The van der Waals surface area contributed by atoms with Crippen molar-refractivity contribution in [1.29, 1.82) is 0 Å². The minimum Gasteiger partial charge on any atom is -0.368 e. The molecule has 2 N–H and O–H groups in total. The van der Waals surface area contributed by atoms with Gasteiger partial charge in [-0.2, -0.15) is 0 Å². The van der Waals surface area contributed by atoms with Crippen molar-refractivity contribution in [3.05, 3.63) is 47.3 Å². The Hall–Kier alpha value is -1.75. The third-order valence-corrected chi connectivity index (χ3v) is 4.82. The Morgan fingerprint density at radius 2 is 1.91 bits per heavy atom. The molecule has 2 rings (SSSR count). The van der Waals surface area contributed by atoms with Gasteiger partial charge in [-0.25, -0.2) is 4.98 Å². The quantitative estimate of drug-likeness (QED) is 0.830. The number of nitrogens with zero attached hydrogens (tertiary/aromatic N) is 2. The van der Waals surface area contributed by atoms with Crippen LogP contribution < -0.4 is 5.73 Å². The van der Waals surface area contributed by atoms with Crippen LogP contribution in [0.4, 0.5) is 0 Å². The second-order valence-corrected chi connectivity index (χ2v) is 6.95. The first-order chi connectivity index (χ1) is 10.4. The highest BCUT2D eigenvalue weighted by Gasteiger charge is 2.23. The van der Waals surface area contributed by atoms with Crippen LogP contribution in [0.25, 0.3) is 0 Å². The molecule has 1 atom stereocenters. The minimum atomic E-state index is -0.423. The fraction of sp³-hybridized carbons (Fsp3) is 0.412. The van der Waals surface area contributed by atoms with Crippen molar-refractivity contribution in [2.75, 3.05) is 0 Å². The topological polar surface area (TPSA) is 60.9 Å². The molecule has 22 heavy (non-hydrogen) atoms. The summed E-state index contributed by atoms with van der Waals surface area (Å²) in [6.07, 6.45) is 0. The lowest BCUT2D eigenvalue weighted by Gasteiger charge is -2.16. The molecule has 0 saturated heterocycles. The average Bonchev–Trinajstić information content (AvgIpc) is 2.72. The molecule has 1 amide bonds. The van der Waals surface area contributed by atoms with Crippen molar-refractivity contribution >= 4 is 17.7 Å². The Labute approximate surface area is 136 Å². The molecule has 0 bridgehead atoms. The Balaban J connectivity index is 2.35. The van der Waals surface area contributed by atoms with Gasteiger partial charge in [0, 0.05) is 12.2 Å². The summed E-state index contributed by atoms with van der Waals surface area (Å²) in [5.41, 5.74) is 8.67. The van der Waals surface area contributed by atoms with Crippen LogP contribution in [0, 0.1) is 19.8 Å². The molecule has 0 radical (unpaired) electrons. The van der Waals surface area contributed by atoms with Gasteiger partial charge in [0.2, 0.25) is 5.91 Å². The van der Waals surface area contributed by atoms with Gasteiger partial charge in [0.25, 0.3) is 0 Å². The van der Waals surface area contributed by atoms with Crippen LogP contribution in [0.5, 0.6) is 0 Å². The number of carbonyl (C=O) groups excluding carboxylic acids is 1. The number of primary amides is 1. The summed E-state index contributed by atoms with van der Waals surface area (Å²) in [6.45, 7) is 9.29. The summed E-state index contributed by atoms with van der Waals surface area (Å²) in [6, 6.07) is 9.63. The fourth-order valence-electron chi connectivity index (χ4n) is 2.32. The van der Waals surface area contributed by atoms with E-state index in [0.29, 0.717) is 5.92 Å². The lowest BCUT2D eigenvalue weighted by molar-refractivity contribution is -0.117. The standard InChI is InChI=1S/C17H23N3OS/c1-11(2)10-20-13(4)12(3)19-17(20)22-15(16(18)21)14-8-6-5-7-9-14/h5-9,11,15H,10H2,1-4H3,(H2,18,21). The molecule has 0 aliphatic carbocycles. The molecule has 0 fully saturated rings. The van der Waals surface area contributed by atoms with Crippen LogP contribution in [0.15, 0.2) is 35.5 Å². The van der Waals surface area contributed by atoms with Crippen molar-refractivity contribution in [2.45, 2.75) is 44.6 Å². The van der Waals surface area contributed by atoms with Crippen molar-refractivity contribution in [1.82, 2.24) is 9.55 Å². The molecule has 1 aromatic heterocycles. The Morgan fingerprint density at radius 3 is 2.45 bits per heavy atom. The van der Waals surface area contributed by atoms with Gasteiger partial charge in [-0.3, -0.25) is 4.79 Å². The maximum atomic E-state index is 11.9. The van der Waals surface area contributed by atoms with E-state index in [1.807, 2.05) is 37.3 Å². The molecule has 0 aliphatic heterocycles. The number of carbonyl (C=O) groups is 1. The second kappa shape index (κ2) is 7.01. The highest BCUT2D eigenvalue weighted by molar-refractivity contribution is 8.00. The molecule has 4 nitrogen and oxygen atoms in total. The number of imidazole rings is 1. The number of nitrogens with two attached hydrogens (primary N) is 1. The van der Waals surface area contributed by atoms with E-state index in [0.717, 1.165) is 28.7 Å². The first-order valence-electron chi connectivity index (χ1n) is 7.44. The van der Waals surface area contributed by atoms with Gasteiger partial charge in [0.1, 0.15) is 5.25 Å². The normalized spacial score (nSPS) is 12.6. The van der Waals surface area contributed by atoms with Crippen molar-refractivity contribution in [3.8, 4) is 0 Å². The number of amides is 1. The second-order valence-electron chi connectivity index (χ2n) is 5.88. The zero-order valence-corrected chi connectivity index (χ0v) is 14.4. The number of benzene rings is 1. The minimum absolute atomic E-state index is 0.342. The molecular formula is C17H23N3OS. The summed E-state index contributed by atoms with van der Waals surface area (Å²) in [7, 11) is 0. The molecule has 0 spiro atoms. The molecule has 5 heteroatoms. The van der Waals surface area contributed by atoms with Crippen LogP contribution in [0.2, 0.25) is 0 Å². The lowest BCUT2D eigenvalue weighted by Crippen LogP contribution is -2.19. The molecule has 1 heterocycles. The van der Waals surface area contributed by atoms with Gasteiger partial charge in [-0.15, -0.1) is 0 Å². The van der Waals surface area contributed by atoms with Crippen molar-refractivity contribution in [3.63, 3.8) is 0 Å². The van der Waals surface area contributed by atoms with E-state index in [2.05, 4.69) is 30.3 Å². The van der Waals surface area contributed by atoms with E-state index in [9.17, 15) is 4.79 Å². The summed E-state index contributed by atoms with van der Waals surface area (Å²) >= 11 is 1.43. The molecule has 0 aliphatic rings. The molecule has 1 unspecified atom stereocenters. The van der Waals surface area contributed by atoms with Crippen LogP contribution in [-0.2, 0) is 11.3 Å². The summed E-state index contributed by atoms with van der Waals surface area (Å²) < 4.78 is 2.18. The monoisotopic (exact) mass is 317 g/mol. The van der Waals surface area contributed by atoms with Gasteiger partial charge in [-0.1, -0.05) is 55.9 Å². The maximum absolute atomic E-state index is 11.9. The highest BCUT2D eigenvalue weighted by atomic mass is 32.2. The highest BCUT2D eigenvalue weighted by Crippen LogP contribution is 2.35. The van der Waals surface area contributed by atoms with Crippen LogP contribution in [-0.4, -0.2) is 15.5 Å². The molecule has 118 valence electrons. The van der Waals surface area contributed by atoms with Crippen molar-refractivity contribution < 1.29 is 4.79 Å². The Bertz CT molecular complexity index is 649. The zero-order valence-electron chi connectivity index (χ0n) is 13.5. The Morgan fingerprint density at radius 1 is 1.27 bits per heavy atom. The number of hydrogen-bond donors (Lipinski definition) is 1. The number of rotatable bonds is 6. The molecular weight excluding hydrogens is 294 g/mol. The van der Waals surface area contributed by atoms with Gasteiger partial charge in [0.15, 0.2) is 5.16 Å². The smallest absolute Gasteiger partial charge is 0.235 e. The third kappa shape index (κ3) is 3.71. The number of aromatic nitrogens is 2. The van der Waals surface area contributed by atoms with Crippen LogP contribution >= 0.6 is 11.8 Å². The number of hydrogen-bond acceptors (Lipinski definition) is 3. The zero-order chi connectivity index (χ0) is 16.3. The number of aryl methyl sites for hydroxylation is 1. The predicted molar refractivity (Wildman–Crippen MR) is 90.8 cm³/mol. The Kier molecular flexibility index (Phi) is 5.29. The van der Waals surface area contributed by atoms with Gasteiger partial charge >= 0.3 is 0 Å². The third-order valence-electron chi connectivity index (χ3n) is 3.55. The van der Waals surface area contributed by atoms with Gasteiger partial charge in [0.05, 0.1) is 5.69 Å². The predicted octanol–water partition coefficient (Wildman–Crippen LogP) is 3.47. The average molecular weight is 317 g/mol.